The molecule has 0 bridgehead atoms. The van der Waals surface area contributed by atoms with Gasteiger partial charge in [0.25, 0.3) is 0 Å². The molecule has 0 spiro atoms. The summed E-state index contributed by atoms with van der Waals surface area (Å²) in [6.45, 7) is 7.33. The van der Waals surface area contributed by atoms with Gasteiger partial charge in [-0.25, -0.2) is 0 Å². The summed E-state index contributed by atoms with van der Waals surface area (Å²) in [4.78, 5) is 1.31. The van der Waals surface area contributed by atoms with E-state index in [1.165, 1.54) is 16.0 Å². The van der Waals surface area contributed by atoms with Crippen LogP contribution in [0.25, 0.3) is 10.4 Å². The molecule has 0 saturated heterocycles. The molecule has 0 aliphatic heterocycles. The summed E-state index contributed by atoms with van der Waals surface area (Å²) in [7, 11) is 0. The van der Waals surface area contributed by atoms with Crippen molar-refractivity contribution in [1.29, 1.82) is 0 Å². The molecule has 96 valence electrons. The van der Waals surface area contributed by atoms with Gasteiger partial charge in [-0.15, -0.1) is 11.3 Å². The summed E-state index contributed by atoms with van der Waals surface area (Å²) in [6.07, 6.45) is 0. The summed E-state index contributed by atoms with van der Waals surface area (Å²) < 4.78 is 0. The Kier molecular flexibility index (Phi) is 4.44. The van der Waals surface area contributed by atoms with Gasteiger partial charge in [-0.1, -0.05) is 30.7 Å². The van der Waals surface area contributed by atoms with Crippen LogP contribution in [0.15, 0.2) is 29.6 Å². The highest BCUT2D eigenvalue weighted by atomic mass is 35.5. The Balaban J connectivity index is 2.33. The molecule has 2 rings (SSSR count). The molecule has 1 N–H and O–H groups in total. The molecule has 1 aromatic heterocycles. The van der Waals surface area contributed by atoms with Crippen LogP contribution in [0.1, 0.15) is 31.0 Å². The van der Waals surface area contributed by atoms with Gasteiger partial charge < -0.3 is 5.32 Å². The Morgan fingerprint density at radius 1 is 1.33 bits per heavy atom. The van der Waals surface area contributed by atoms with Crippen LogP contribution in [0.5, 0.6) is 0 Å². The first-order valence-electron chi connectivity index (χ1n) is 6.20. The monoisotopic (exact) mass is 279 g/mol. The molecule has 0 aliphatic carbocycles. The summed E-state index contributed by atoms with van der Waals surface area (Å²) >= 11 is 8.16. The second kappa shape index (κ2) is 5.87. The highest BCUT2D eigenvalue weighted by Gasteiger charge is 2.11. The summed E-state index contributed by atoms with van der Waals surface area (Å²) in [5, 5.41) is 6.35. The van der Waals surface area contributed by atoms with Crippen molar-refractivity contribution in [1.82, 2.24) is 5.32 Å². The molecule has 1 aromatic carbocycles. The molecule has 1 nitrogen and oxygen atoms in total. The van der Waals surface area contributed by atoms with Gasteiger partial charge >= 0.3 is 0 Å². The zero-order valence-electron chi connectivity index (χ0n) is 11.0. The lowest BCUT2D eigenvalue weighted by Gasteiger charge is -2.15. The predicted molar refractivity (Wildman–Crippen MR) is 81.6 cm³/mol. The maximum Gasteiger partial charge on any atom is 0.0460 e. The molecular formula is C15H18ClNS. The van der Waals surface area contributed by atoms with Gasteiger partial charge in [0.15, 0.2) is 0 Å². The lowest BCUT2D eigenvalue weighted by atomic mass is 10.0. The smallest absolute Gasteiger partial charge is 0.0460 e. The summed E-state index contributed by atoms with van der Waals surface area (Å²) in [6, 6.07) is 8.80. The number of rotatable bonds is 4. The normalized spacial score (nSPS) is 12.7. The molecule has 3 heteroatoms. The molecule has 1 atom stereocenters. The van der Waals surface area contributed by atoms with Crippen molar-refractivity contribution in [3.8, 4) is 10.4 Å². The van der Waals surface area contributed by atoms with Crippen LogP contribution in [0.3, 0.4) is 0 Å². The van der Waals surface area contributed by atoms with E-state index in [0.29, 0.717) is 6.04 Å². The number of hydrogen-bond donors (Lipinski definition) is 1. The van der Waals surface area contributed by atoms with Gasteiger partial charge in [-0.2, -0.15) is 0 Å². The molecule has 0 aliphatic rings. The van der Waals surface area contributed by atoms with Crippen LogP contribution < -0.4 is 5.32 Å². The Morgan fingerprint density at radius 2 is 2.11 bits per heavy atom. The van der Waals surface area contributed by atoms with Crippen LogP contribution in [0.2, 0.25) is 5.02 Å². The molecule has 0 radical (unpaired) electrons. The molecule has 0 amide bonds. The SMILES string of the molecule is CCNC(C)c1ccc(-c2sccc2C)cc1Cl. The minimum atomic E-state index is 0.293. The minimum Gasteiger partial charge on any atom is -0.310 e. The van der Waals surface area contributed by atoms with Crippen molar-refractivity contribution in [2.24, 2.45) is 0 Å². The Bertz CT molecular complexity index is 533. The van der Waals surface area contributed by atoms with Crippen LogP contribution in [-0.2, 0) is 0 Å². The van der Waals surface area contributed by atoms with Crippen molar-refractivity contribution in [3.05, 3.63) is 45.8 Å². The van der Waals surface area contributed by atoms with E-state index in [9.17, 15) is 0 Å². The fourth-order valence-corrected chi connectivity index (χ4v) is 3.37. The van der Waals surface area contributed by atoms with E-state index >= 15 is 0 Å². The first-order chi connectivity index (χ1) is 8.63. The zero-order chi connectivity index (χ0) is 13.1. The Hall–Kier alpha value is -0.830. The molecule has 18 heavy (non-hydrogen) atoms. The third kappa shape index (κ3) is 2.77. The third-order valence-electron chi connectivity index (χ3n) is 3.10. The summed E-state index contributed by atoms with van der Waals surface area (Å²) in [5.41, 5.74) is 3.68. The highest BCUT2D eigenvalue weighted by Crippen LogP contribution is 2.33. The second-order valence-corrected chi connectivity index (χ2v) is 5.77. The fraction of sp³-hybridized carbons (Fsp3) is 0.333. The van der Waals surface area contributed by atoms with Crippen LogP contribution in [0, 0.1) is 6.92 Å². The Morgan fingerprint density at radius 3 is 2.67 bits per heavy atom. The van der Waals surface area contributed by atoms with E-state index in [1.54, 1.807) is 11.3 Å². The molecule has 0 saturated carbocycles. The van der Waals surface area contributed by atoms with Gasteiger partial charge in [-0.3, -0.25) is 0 Å². The van der Waals surface area contributed by atoms with Crippen LogP contribution in [0.4, 0.5) is 0 Å². The number of nitrogens with one attached hydrogen (secondary N) is 1. The second-order valence-electron chi connectivity index (χ2n) is 4.45. The number of halogens is 1. The quantitative estimate of drug-likeness (QED) is 0.826. The summed E-state index contributed by atoms with van der Waals surface area (Å²) in [5.74, 6) is 0. The lowest BCUT2D eigenvalue weighted by molar-refractivity contribution is 0.598. The predicted octanol–water partition coefficient (Wildman–Crippen LogP) is 5.05. The molecular weight excluding hydrogens is 262 g/mol. The van der Waals surface area contributed by atoms with E-state index in [1.807, 2.05) is 0 Å². The first kappa shape index (κ1) is 13.6. The maximum absolute atomic E-state index is 6.39. The van der Waals surface area contributed by atoms with Gasteiger partial charge in [0.2, 0.25) is 0 Å². The van der Waals surface area contributed by atoms with Gasteiger partial charge in [-0.05, 0) is 54.6 Å². The standard InChI is InChI=1S/C15H18ClNS/c1-4-17-11(3)13-6-5-12(9-14(13)16)15-10(2)7-8-18-15/h5-9,11,17H,4H2,1-3H3. The van der Waals surface area contributed by atoms with Crippen molar-refractivity contribution in [2.75, 3.05) is 6.54 Å². The number of benzene rings is 1. The van der Waals surface area contributed by atoms with Crippen molar-refractivity contribution < 1.29 is 0 Å². The molecule has 1 heterocycles. The van der Waals surface area contributed by atoms with E-state index in [2.05, 4.69) is 55.7 Å². The minimum absolute atomic E-state index is 0.293. The highest BCUT2D eigenvalue weighted by molar-refractivity contribution is 7.13. The van der Waals surface area contributed by atoms with Crippen molar-refractivity contribution in [2.45, 2.75) is 26.8 Å². The van der Waals surface area contributed by atoms with E-state index < -0.39 is 0 Å². The van der Waals surface area contributed by atoms with Gasteiger partial charge in [0.05, 0.1) is 0 Å². The average Bonchev–Trinajstić information content (AvgIpc) is 2.75. The number of thiophene rings is 1. The largest absolute Gasteiger partial charge is 0.310 e. The Labute approximate surface area is 118 Å². The van der Waals surface area contributed by atoms with Crippen molar-refractivity contribution >= 4 is 22.9 Å². The first-order valence-corrected chi connectivity index (χ1v) is 7.46. The topological polar surface area (TPSA) is 12.0 Å². The molecule has 1 unspecified atom stereocenters. The molecule has 2 aromatic rings. The van der Waals surface area contributed by atoms with E-state index in [-0.39, 0.29) is 0 Å². The van der Waals surface area contributed by atoms with Gasteiger partial charge in [0, 0.05) is 15.9 Å². The fourth-order valence-electron chi connectivity index (χ4n) is 2.10. The van der Waals surface area contributed by atoms with Gasteiger partial charge in [0.1, 0.15) is 0 Å². The average molecular weight is 280 g/mol. The number of hydrogen-bond acceptors (Lipinski definition) is 2. The van der Waals surface area contributed by atoms with Crippen LogP contribution >= 0.6 is 22.9 Å². The lowest BCUT2D eigenvalue weighted by Crippen LogP contribution is -2.17. The number of aryl methyl sites for hydroxylation is 1. The third-order valence-corrected chi connectivity index (χ3v) is 4.49. The van der Waals surface area contributed by atoms with E-state index in [4.69, 9.17) is 11.6 Å². The molecule has 0 fully saturated rings. The zero-order valence-corrected chi connectivity index (χ0v) is 12.5. The van der Waals surface area contributed by atoms with Crippen LogP contribution in [-0.4, -0.2) is 6.54 Å². The van der Waals surface area contributed by atoms with Crippen molar-refractivity contribution in [3.63, 3.8) is 0 Å². The van der Waals surface area contributed by atoms with E-state index in [0.717, 1.165) is 17.1 Å². The maximum atomic E-state index is 6.39.